The van der Waals surface area contributed by atoms with Gasteiger partial charge in [-0.05, 0) is 53.6 Å². The Balaban J connectivity index is 1.28. The van der Waals surface area contributed by atoms with Crippen LogP contribution in [0.25, 0.3) is 17.0 Å². The third-order valence-corrected chi connectivity index (χ3v) is 5.88. The van der Waals surface area contributed by atoms with Gasteiger partial charge in [-0.2, -0.15) is 0 Å². The molecule has 2 N–H and O–H groups in total. The van der Waals surface area contributed by atoms with Crippen molar-refractivity contribution in [2.24, 2.45) is 0 Å². The van der Waals surface area contributed by atoms with Crippen LogP contribution in [0.3, 0.4) is 0 Å². The fourth-order valence-electron chi connectivity index (χ4n) is 3.42. The number of amides is 3. The number of aromatic nitrogens is 1. The van der Waals surface area contributed by atoms with E-state index in [2.05, 4.69) is 10.3 Å². The van der Waals surface area contributed by atoms with Gasteiger partial charge in [0.2, 0.25) is 5.91 Å². The largest absolute Gasteiger partial charge is 0.361 e. The molecule has 2 heterocycles. The van der Waals surface area contributed by atoms with E-state index in [-0.39, 0.29) is 23.8 Å². The first-order valence-electron chi connectivity index (χ1n) is 9.84. The van der Waals surface area contributed by atoms with Crippen LogP contribution in [-0.2, 0) is 16.0 Å². The van der Waals surface area contributed by atoms with Crippen LogP contribution >= 0.6 is 11.8 Å². The molecule has 31 heavy (non-hydrogen) atoms. The minimum Gasteiger partial charge on any atom is -0.361 e. The Morgan fingerprint density at radius 1 is 1.16 bits per heavy atom. The highest BCUT2D eigenvalue weighted by atomic mass is 32.2. The number of H-pyrrole nitrogens is 1. The van der Waals surface area contributed by atoms with E-state index in [9.17, 15) is 18.8 Å². The Bertz CT molecular complexity index is 1190. The molecule has 0 unspecified atom stereocenters. The molecule has 2 aromatic carbocycles. The van der Waals surface area contributed by atoms with Crippen molar-refractivity contribution in [2.45, 2.75) is 12.8 Å². The van der Waals surface area contributed by atoms with Gasteiger partial charge in [0, 0.05) is 36.6 Å². The molecule has 1 aliphatic rings. The van der Waals surface area contributed by atoms with E-state index in [1.165, 1.54) is 24.3 Å². The predicted molar refractivity (Wildman–Crippen MR) is 119 cm³/mol. The lowest BCUT2D eigenvalue weighted by atomic mass is 10.1. The second kappa shape index (κ2) is 9.18. The van der Waals surface area contributed by atoms with Gasteiger partial charge in [-0.25, -0.2) is 4.39 Å². The van der Waals surface area contributed by atoms with Gasteiger partial charge in [0.05, 0.1) is 4.91 Å². The first-order chi connectivity index (χ1) is 15.0. The average Bonchev–Trinajstić information content (AvgIpc) is 3.27. The minimum absolute atomic E-state index is 0.00404. The Morgan fingerprint density at radius 2 is 2.00 bits per heavy atom. The van der Waals surface area contributed by atoms with Crippen molar-refractivity contribution < 1.29 is 18.8 Å². The summed E-state index contributed by atoms with van der Waals surface area (Å²) >= 11 is 0.792. The fourth-order valence-corrected chi connectivity index (χ4v) is 4.28. The molecule has 4 rings (SSSR count). The molecule has 1 saturated heterocycles. The van der Waals surface area contributed by atoms with E-state index < -0.39 is 17.0 Å². The van der Waals surface area contributed by atoms with Gasteiger partial charge in [-0.3, -0.25) is 19.3 Å². The highest BCUT2D eigenvalue weighted by Crippen LogP contribution is 2.32. The lowest BCUT2D eigenvalue weighted by Gasteiger charge is -2.12. The molecule has 1 fully saturated rings. The molecule has 3 aromatic rings. The summed E-state index contributed by atoms with van der Waals surface area (Å²) in [6.07, 6.45) is 4.12. The quantitative estimate of drug-likeness (QED) is 0.546. The number of nitrogens with zero attached hydrogens (tertiary/aromatic N) is 1. The van der Waals surface area contributed by atoms with Gasteiger partial charge in [0.1, 0.15) is 5.82 Å². The number of rotatable bonds is 7. The van der Waals surface area contributed by atoms with Crippen molar-refractivity contribution in [1.82, 2.24) is 15.2 Å². The summed E-state index contributed by atoms with van der Waals surface area (Å²) in [6.45, 7) is 0.464. The number of imide groups is 1. The number of nitrogens with one attached hydrogen (secondary N) is 2. The molecule has 0 radical (unpaired) electrons. The third-order valence-electron chi connectivity index (χ3n) is 4.97. The van der Waals surface area contributed by atoms with Crippen molar-refractivity contribution in [2.75, 3.05) is 13.1 Å². The van der Waals surface area contributed by atoms with E-state index in [0.717, 1.165) is 33.1 Å². The molecular weight excluding hydrogens is 417 g/mol. The molecule has 0 bridgehead atoms. The van der Waals surface area contributed by atoms with Gasteiger partial charge in [-0.15, -0.1) is 0 Å². The van der Waals surface area contributed by atoms with Gasteiger partial charge in [0.15, 0.2) is 0 Å². The highest BCUT2D eigenvalue weighted by molar-refractivity contribution is 8.18. The summed E-state index contributed by atoms with van der Waals surface area (Å²) in [4.78, 5) is 41.3. The van der Waals surface area contributed by atoms with E-state index in [1.807, 2.05) is 30.5 Å². The van der Waals surface area contributed by atoms with Crippen LogP contribution in [0.2, 0.25) is 0 Å². The molecule has 1 aliphatic heterocycles. The van der Waals surface area contributed by atoms with Crippen molar-refractivity contribution in [3.63, 3.8) is 0 Å². The van der Waals surface area contributed by atoms with Gasteiger partial charge < -0.3 is 10.3 Å². The molecule has 158 valence electrons. The molecule has 0 atom stereocenters. The first kappa shape index (κ1) is 20.9. The number of hydrogen-bond acceptors (Lipinski definition) is 4. The van der Waals surface area contributed by atoms with Gasteiger partial charge in [0.25, 0.3) is 11.1 Å². The Kier molecular flexibility index (Phi) is 6.18. The molecule has 8 heteroatoms. The monoisotopic (exact) mass is 437 g/mol. The lowest BCUT2D eigenvalue weighted by molar-refractivity contribution is -0.124. The van der Waals surface area contributed by atoms with Crippen LogP contribution in [-0.4, -0.2) is 40.0 Å². The van der Waals surface area contributed by atoms with Crippen molar-refractivity contribution in [3.8, 4) is 0 Å². The highest BCUT2D eigenvalue weighted by Gasteiger charge is 2.35. The van der Waals surface area contributed by atoms with Crippen LogP contribution < -0.4 is 5.32 Å². The SMILES string of the molecule is O=C(CCN1C(=O)SC(=Cc2cccc(F)c2)C1=O)NCCc1c[nH]c2ccccc12. The number of hydrogen-bond donors (Lipinski definition) is 2. The topological polar surface area (TPSA) is 82.3 Å². The average molecular weight is 437 g/mol. The van der Waals surface area contributed by atoms with Crippen molar-refractivity contribution >= 4 is 45.8 Å². The number of fused-ring (bicyclic) bond motifs is 1. The number of carbonyl (C=O) groups excluding carboxylic acids is 3. The van der Waals surface area contributed by atoms with E-state index >= 15 is 0 Å². The van der Waals surface area contributed by atoms with Crippen LogP contribution in [0.4, 0.5) is 9.18 Å². The summed E-state index contributed by atoms with van der Waals surface area (Å²) in [6, 6.07) is 13.7. The lowest BCUT2D eigenvalue weighted by Crippen LogP contribution is -2.34. The zero-order valence-corrected chi connectivity index (χ0v) is 17.4. The predicted octanol–water partition coefficient (Wildman–Crippen LogP) is 4.09. The fraction of sp³-hybridized carbons (Fsp3) is 0.174. The molecule has 0 aliphatic carbocycles. The first-order valence-corrected chi connectivity index (χ1v) is 10.7. The van der Waals surface area contributed by atoms with Crippen molar-refractivity contribution in [1.29, 1.82) is 0 Å². The van der Waals surface area contributed by atoms with Gasteiger partial charge >= 0.3 is 0 Å². The summed E-state index contributed by atoms with van der Waals surface area (Å²) in [7, 11) is 0. The summed E-state index contributed by atoms with van der Waals surface area (Å²) in [5, 5.41) is 3.52. The van der Waals surface area contributed by atoms with Gasteiger partial charge in [-0.1, -0.05) is 30.3 Å². The Labute approximate surface area is 182 Å². The summed E-state index contributed by atoms with van der Waals surface area (Å²) in [5.74, 6) is -1.11. The van der Waals surface area contributed by atoms with E-state index in [4.69, 9.17) is 0 Å². The number of para-hydroxylation sites is 1. The minimum atomic E-state index is -0.467. The van der Waals surface area contributed by atoms with E-state index in [0.29, 0.717) is 18.5 Å². The zero-order chi connectivity index (χ0) is 21.8. The number of halogens is 1. The zero-order valence-electron chi connectivity index (χ0n) is 16.6. The van der Waals surface area contributed by atoms with Crippen LogP contribution in [0.15, 0.2) is 59.6 Å². The maximum absolute atomic E-state index is 13.3. The second-order valence-electron chi connectivity index (χ2n) is 7.10. The maximum Gasteiger partial charge on any atom is 0.293 e. The molecule has 3 amide bonds. The molecule has 1 aromatic heterocycles. The summed E-state index contributed by atoms with van der Waals surface area (Å²) < 4.78 is 13.3. The normalized spacial score (nSPS) is 15.3. The number of aromatic amines is 1. The third kappa shape index (κ3) is 4.86. The maximum atomic E-state index is 13.3. The van der Waals surface area contributed by atoms with E-state index in [1.54, 1.807) is 6.07 Å². The Morgan fingerprint density at radius 3 is 2.84 bits per heavy atom. The molecule has 0 spiro atoms. The van der Waals surface area contributed by atoms with Crippen LogP contribution in [0.1, 0.15) is 17.5 Å². The number of carbonyl (C=O) groups is 3. The smallest absolute Gasteiger partial charge is 0.293 e. The number of thioether (sulfide) groups is 1. The number of benzene rings is 2. The van der Waals surface area contributed by atoms with Crippen LogP contribution in [0.5, 0.6) is 0 Å². The molecular formula is C23H20FN3O3S. The molecule has 6 nitrogen and oxygen atoms in total. The second-order valence-corrected chi connectivity index (χ2v) is 8.09. The standard InChI is InChI=1S/C23H20FN3O3S/c24-17-5-3-4-15(12-17)13-20-22(29)27(23(30)31-20)11-9-21(28)25-10-8-16-14-26-19-7-2-1-6-18(16)19/h1-7,12-14,26H,8-11H2,(H,25,28). The Hall–Kier alpha value is -3.39. The molecule has 0 saturated carbocycles. The van der Waals surface area contributed by atoms with Crippen molar-refractivity contribution in [3.05, 3.63) is 76.6 Å². The van der Waals surface area contributed by atoms with Crippen LogP contribution in [0, 0.1) is 5.82 Å². The summed E-state index contributed by atoms with van der Waals surface area (Å²) in [5.41, 5.74) is 2.67.